The second kappa shape index (κ2) is 4.86. The van der Waals surface area contributed by atoms with Gasteiger partial charge in [-0.2, -0.15) is 0 Å². The van der Waals surface area contributed by atoms with Crippen LogP contribution in [0.4, 0.5) is 10.9 Å². The topological polar surface area (TPSA) is 93.8 Å². The van der Waals surface area contributed by atoms with Crippen LogP contribution in [-0.2, 0) is 0 Å². The molecule has 0 radical (unpaired) electrons. The minimum Gasteiger partial charge on any atom is -0.383 e. The number of hydrogen-bond donors (Lipinski definition) is 2. The van der Waals surface area contributed by atoms with Crippen molar-refractivity contribution in [1.29, 1.82) is 0 Å². The quantitative estimate of drug-likeness (QED) is 0.753. The van der Waals surface area contributed by atoms with Crippen LogP contribution in [0.5, 0.6) is 0 Å². The molecule has 0 fully saturated rings. The number of hydrogen-bond acceptors (Lipinski definition) is 6. The molecule has 1 aromatic carbocycles. The number of pyridine rings is 1. The molecule has 3 aromatic rings. The van der Waals surface area contributed by atoms with Gasteiger partial charge in [0.05, 0.1) is 0 Å². The highest BCUT2D eigenvalue weighted by atomic mass is 32.1. The van der Waals surface area contributed by atoms with Gasteiger partial charge in [0.25, 0.3) is 5.91 Å². The number of anilines is 2. The van der Waals surface area contributed by atoms with Crippen LogP contribution in [-0.4, -0.2) is 21.1 Å². The number of amides is 1. The molecular formula is C13H11N5OS. The standard InChI is InChI=1S/C13H11N5OS/c1-7-17-18-13(20-7)16-12(19)10-6-8-4-2-3-5-9(8)11(14)15-10/h2-6H,1H3,(H2,14,15)(H,16,18,19). The summed E-state index contributed by atoms with van der Waals surface area (Å²) in [6.45, 7) is 1.82. The smallest absolute Gasteiger partial charge is 0.276 e. The van der Waals surface area contributed by atoms with Gasteiger partial charge in [-0.25, -0.2) is 4.98 Å². The molecule has 0 aliphatic rings. The molecule has 6 nitrogen and oxygen atoms in total. The molecule has 1 amide bonds. The molecule has 2 heterocycles. The number of carbonyl (C=O) groups excluding carboxylic acids is 1. The first-order valence-electron chi connectivity index (χ1n) is 5.90. The van der Waals surface area contributed by atoms with Crippen molar-refractivity contribution in [3.63, 3.8) is 0 Å². The Balaban J connectivity index is 1.95. The van der Waals surface area contributed by atoms with E-state index in [-0.39, 0.29) is 11.6 Å². The summed E-state index contributed by atoms with van der Waals surface area (Å²) in [5.41, 5.74) is 6.13. The van der Waals surface area contributed by atoms with E-state index in [1.165, 1.54) is 11.3 Å². The molecule has 2 aromatic heterocycles. The molecule has 20 heavy (non-hydrogen) atoms. The van der Waals surface area contributed by atoms with Crippen LogP contribution >= 0.6 is 11.3 Å². The van der Waals surface area contributed by atoms with Crippen LogP contribution in [0.1, 0.15) is 15.5 Å². The van der Waals surface area contributed by atoms with Gasteiger partial charge in [-0.05, 0) is 18.4 Å². The van der Waals surface area contributed by atoms with Gasteiger partial charge in [0.2, 0.25) is 5.13 Å². The normalized spacial score (nSPS) is 10.7. The minimum atomic E-state index is -0.349. The van der Waals surface area contributed by atoms with Crippen molar-refractivity contribution in [3.05, 3.63) is 41.0 Å². The molecule has 100 valence electrons. The average molecular weight is 285 g/mol. The number of aromatic nitrogens is 3. The zero-order valence-corrected chi connectivity index (χ0v) is 11.4. The fraction of sp³-hybridized carbons (Fsp3) is 0.0769. The first-order valence-corrected chi connectivity index (χ1v) is 6.72. The van der Waals surface area contributed by atoms with E-state index in [2.05, 4.69) is 20.5 Å². The first-order chi connectivity index (χ1) is 9.63. The number of benzene rings is 1. The van der Waals surface area contributed by atoms with Crippen molar-refractivity contribution in [2.24, 2.45) is 0 Å². The molecule has 3 rings (SSSR count). The molecule has 0 bridgehead atoms. The van der Waals surface area contributed by atoms with Crippen molar-refractivity contribution in [1.82, 2.24) is 15.2 Å². The number of fused-ring (bicyclic) bond motifs is 1. The third-order valence-corrected chi connectivity index (χ3v) is 3.50. The van der Waals surface area contributed by atoms with Gasteiger partial charge in [0.15, 0.2) is 0 Å². The largest absolute Gasteiger partial charge is 0.383 e. The predicted octanol–water partition coefficient (Wildman–Crippen LogP) is 2.23. The summed E-state index contributed by atoms with van der Waals surface area (Å²) in [7, 11) is 0. The first kappa shape index (κ1) is 12.5. The van der Waals surface area contributed by atoms with Crippen molar-refractivity contribution >= 4 is 39.0 Å². The summed E-state index contributed by atoms with van der Waals surface area (Å²) in [5, 5.41) is 13.3. The average Bonchev–Trinajstić information content (AvgIpc) is 2.84. The van der Waals surface area contributed by atoms with Crippen LogP contribution in [0.3, 0.4) is 0 Å². The highest BCUT2D eigenvalue weighted by molar-refractivity contribution is 7.15. The molecule has 0 aliphatic heterocycles. The van der Waals surface area contributed by atoms with Gasteiger partial charge in [-0.15, -0.1) is 10.2 Å². The van der Waals surface area contributed by atoms with Gasteiger partial charge in [0, 0.05) is 5.39 Å². The third-order valence-electron chi connectivity index (χ3n) is 2.75. The Hall–Kier alpha value is -2.54. The molecule has 0 saturated heterocycles. The van der Waals surface area contributed by atoms with Crippen molar-refractivity contribution in [3.8, 4) is 0 Å². The predicted molar refractivity (Wildman–Crippen MR) is 78.8 cm³/mol. The second-order valence-corrected chi connectivity index (χ2v) is 5.38. The molecule has 3 N–H and O–H groups in total. The van der Waals surface area contributed by atoms with Crippen molar-refractivity contribution in [2.45, 2.75) is 6.92 Å². The third kappa shape index (κ3) is 2.30. The summed E-state index contributed by atoms with van der Waals surface area (Å²) in [5.74, 6) is -0.0136. The molecule has 0 atom stereocenters. The van der Waals surface area contributed by atoms with E-state index in [4.69, 9.17) is 5.73 Å². The molecule has 0 aliphatic carbocycles. The maximum Gasteiger partial charge on any atom is 0.276 e. The number of carbonyl (C=O) groups is 1. The summed E-state index contributed by atoms with van der Waals surface area (Å²) in [6.07, 6.45) is 0. The Kier molecular flexibility index (Phi) is 3.03. The van der Waals surface area contributed by atoms with Gasteiger partial charge in [-0.3, -0.25) is 10.1 Å². The van der Waals surface area contributed by atoms with Gasteiger partial charge < -0.3 is 5.73 Å². The lowest BCUT2D eigenvalue weighted by molar-refractivity contribution is 0.102. The lowest BCUT2D eigenvalue weighted by Crippen LogP contribution is -2.14. The highest BCUT2D eigenvalue weighted by Crippen LogP contribution is 2.21. The zero-order chi connectivity index (χ0) is 14.1. The van der Waals surface area contributed by atoms with Crippen LogP contribution in [0.2, 0.25) is 0 Å². The summed E-state index contributed by atoms with van der Waals surface area (Å²) in [4.78, 5) is 16.3. The summed E-state index contributed by atoms with van der Waals surface area (Å²) >= 11 is 1.31. The van der Waals surface area contributed by atoms with E-state index in [9.17, 15) is 4.79 Å². The maximum atomic E-state index is 12.1. The number of aryl methyl sites for hydroxylation is 1. The van der Waals surface area contributed by atoms with Gasteiger partial charge in [0.1, 0.15) is 16.5 Å². The molecule has 0 spiro atoms. The maximum absolute atomic E-state index is 12.1. The number of nitrogens with two attached hydrogens (primary N) is 1. The lowest BCUT2D eigenvalue weighted by Gasteiger charge is -2.05. The van der Waals surface area contributed by atoms with E-state index in [1.54, 1.807) is 6.07 Å². The number of nitrogens with one attached hydrogen (secondary N) is 1. The fourth-order valence-electron chi connectivity index (χ4n) is 1.85. The Morgan fingerprint density at radius 2 is 2.10 bits per heavy atom. The number of nitrogens with zero attached hydrogens (tertiary/aromatic N) is 3. The molecule has 7 heteroatoms. The molecule has 0 saturated carbocycles. The Bertz CT molecular complexity index is 798. The van der Waals surface area contributed by atoms with E-state index in [1.807, 2.05) is 31.2 Å². The Morgan fingerprint density at radius 3 is 2.85 bits per heavy atom. The van der Waals surface area contributed by atoms with Crippen LogP contribution in [0, 0.1) is 6.92 Å². The van der Waals surface area contributed by atoms with E-state index in [0.717, 1.165) is 15.8 Å². The Labute approximate surface area is 118 Å². The Morgan fingerprint density at radius 1 is 1.30 bits per heavy atom. The summed E-state index contributed by atoms with van der Waals surface area (Å²) < 4.78 is 0. The van der Waals surface area contributed by atoms with Crippen LogP contribution in [0.25, 0.3) is 10.8 Å². The van der Waals surface area contributed by atoms with E-state index < -0.39 is 0 Å². The van der Waals surface area contributed by atoms with Crippen LogP contribution < -0.4 is 11.1 Å². The number of nitrogen functional groups attached to an aromatic ring is 1. The fourth-order valence-corrected chi connectivity index (χ4v) is 2.44. The summed E-state index contributed by atoms with van der Waals surface area (Å²) in [6, 6.07) is 9.23. The van der Waals surface area contributed by atoms with E-state index >= 15 is 0 Å². The van der Waals surface area contributed by atoms with E-state index in [0.29, 0.717) is 10.9 Å². The van der Waals surface area contributed by atoms with Crippen LogP contribution in [0.15, 0.2) is 30.3 Å². The monoisotopic (exact) mass is 285 g/mol. The zero-order valence-electron chi connectivity index (χ0n) is 10.6. The van der Waals surface area contributed by atoms with Crippen molar-refractivity contribution in [2.75, 3.05) is 11.1 Å². The number of rotatable bonds is 2. The van der Waals surface area contributed by atoms with Gasteiger partial charge in [-0.1, -0.05) is 35.6 Å². The molecular weight excluding hydrogens is 274 g/mol. The minimum absolute atomic E-state index is 0.258. The van der Waals surface area contributed by atoms with Gasteiger partial charge >= 0.3 is 0 Å². The lowest BCUT2D eigenvalue weighted by atomic mass is 10.1. The van der Waals surface area contributed by atoms with Crippen molar-refractivity contribution < 1.29 is 4.79 Å². The SMILES string of the molecule is Cc1nnc(NC(=O)c2cc3ccccc3c(N)n2)s1. The molecule has 0 unspecified atom stereocenters. The second-order valence-electron chi connectivity index (χ2n) is 4.19. The highest BCUT2D eigenvalue weighted by Gasteiger charge is 2.12.